The molecule has 2 heterocycles. The molecule has 4 aromatic rings. The fourth-order valence-electron chi connectivity index (χ4n) is 4.76. The van der Waals surface area contributed by atoms with Gasteiger partial charge in [-0.25, -0.2) is 14.5 Å². The van der Waals surface area contributed by atoms with Gasteiger partial charge in [0.2, 0.25) is 5.91 Å². The zero-order valence-electron chi connectivity index (χ0n) is 26.0. The maximum Gasteiger partial charge on any atom is 0.573 e. The van der Waals surface area contributed by atoms with E-state index in [1.807, 2.05) is 56.3 Å². The molecule has 1 aromatic heterocycles. The first-order valence-corrected chi connectivity index (χ1v) is 15.7. The lowest BCUT2D eigenvalue weighted by molar-refractivity contribution is -0.274. The second kappa shape index (κ2) is 14.1. The molecular formula is C34H31F3N6O3S. The molecule has 1 aliphatic rings. The SMILES string of the molecule is Cc1ccc(C(C)C)c(N2C(=O)CSC2=NC(=O)NC(C)CC#Cc2cccc(-c3ncn(-c4ccc(OC(F)(F)F)cc4)n3)c2)c1. The Labute approximate surface area is 274 Å². The maximum atomic E-state index is 12.8. The Hall–Kier alpha value is -5.09. The van der Waals surface area contributed by atoms with Crippen LogP contribution in [0.2, 0.25) is 0 Å². The number of aliphatic imine (C=N–C) groups is 1. The zero-order chi connectivity index (χ0) is 33.7. The van der Waals surface area contributed by atoms with E-state index >= 15 is 0 Å². The van der Waals surface area contributed by atoms with Crippen LogP contribution in [-0.4, -0.2) is 50.0 Å². The highest BCUT2D eigenvalue weighted by molar-refractivity contribution is 8.15. The summed E-state index contributed by atoms with van der Waals surface area (Å²) in [4.78, 5) is 35.7. The summed E-state index contributed by atoms with van der Waals surface area (Å²) < 4.78 is 42.7. The van der Waals surface area contributed by atoms with Gasteiger partial charge in [-0.15, -0.1) is 18.3 Å². The predicted molar refractivity (Wildman–Crippen MR) is 176 cm³/mol. The van der Waals surface area contributed by atoms with Crippen LogP contribution >= 0.6 is 11.8 Å². The van der Waals surface area contributed by atoms with Crippen molar-refractivity contribution in [1.82, 2.24) is 20.1 Å². The summed E-state index contributed by atoms with van der Waals surface area (Å²) in [7, 11) is 0. The highest BCUT2D eigenvalue weighted by Gasteiger charge is 2.33. The molecule has 0 spiro atoms. The van der Waals surface area contributed by atoms with E-state index < -0.39 is 12.4 Å². The first kappa shape index (κ1) is 33.3. The van der Waals surface area contributed by atoms with Gasteiger partial charge in [-0.2, -0.15) is 4.99 Å². The van der Waals surface area contributed by atoms with Gasteiger partial charge in [-0.3, -0.25) is 9.69 Å². The number of benzene rings is 3. The molecule has 3 amide bonds. The number of hydrogen-bond donors (Lipinski definition) is 1. The van der Waals surface area contributed by atoms with Crippen molar-refractivity contribution in [3.05, 3.63) is 89.7 Å². The number of carbonyl (C=O) groups excluding carboxylic acids is 2. The summed E-state index contributed by atoms with van der Waals surface area (Å²) in [5, 5.41) is 7.61. The summed E-state index contributed by atoms with van der Waals surface area (Å²) in [6, 6.07) is 17.7. The number of ether oxygens (including phenoxy) is 1. The minimum Gasteiger partial charge on any atom is -0.406 e. The minimum atomic E-state index is -4.77. The molecular weight excluding hydrogens is 629 g/mol. The van der Waals surface area contributed by atoms with Crippen molar-refractivity contribution in [3.8, 4) is 34.7 Å². The Kier molecular flexibility index (Phi) is 10.0. The molecule has 0 saturated carbocycles. The number of amidine groups is 1. The molecule has 5 rings (SSSR count). The average Bonchev–Trinajstić information content (AvgIpc) is 3.64. The highest BCUT2D eigenvalue weighted by Crippen LogP contribution is 2.34. The largest absolute Gasteiger partial charge is 0.573 e. The Morgan fingerprint density at radius 2 is 1.87 bits per heavy atom. The Bertz CT molecular complexity index is 1880. The third-order valence-corrected chi connectivity index (χ3v) is 7.89. The van der Waals surface area contributed by atoms with E-state index in [2.05, 4.69) is 50.8 Å². The standard InChI is InChI=1S/C34H31F3N6O3S/c1-21(2)28-16-11-22(3)17-29(28)43-30(44)19-47-33(43)40-32(45)39-23(4)7-5-8-24-9-6-10-25(18-24)31-38-20-42(41-31)26-12-14-27(15-13-26)46-34(35,36)37/h6,9-18,20-21,23H,7,19H2,1-4H3,(H,39,45). The lowest BCUT2D eigenvalue weighted by Crippen LogP contribution is -2.34. The lowest BCUT2D eigenvalue weighted by atomic mass is 9.99. The number of carbonyl (C=O) groups is 2. The molecule has 0 radical (unpaired) electrons. The van der Waals surface area contributed by atoms with Crippen LogP contribution < -0.4 is 15.0 Å². The van der Waals surface area contributed by atoms with Crippen LogP contribution in [0.1, 0.15) is 49.8 Å². The number of nitrogens with one attached hydrogen (secondary N) is 1. The molecule has 1 atom stereocenters. The van der Waals surface area contributed by atoms with Gasteiger partial charge in [-0.1, -0.05) is 61.7 Å². The van der Waals surface area contributed by atoms with E-state index in [9.17, 15) is 22.8 Å². The molecule has 0 aliphatic carbocycles. The fraction of sp³-hybridized carbons (Fsp3) is 0.265. The molecule has 0 bridgehead atoms. The van der Waals surface area contributed by atoms with Gasteiger partial charge in [0, 0.05) is 23.6 Å². The number of amides is 3. The Morgan fingerprint density at radius 1 is 1.11 bits per heavy atom. The van der Waals surface area contributed by atoms with Crippen LogP contribution in [0.4, 0.5) is 23.7 Å². The minimum absolute atomic E-state index is 0.120. The number of rotatable bonds is 7. The van der Waals surface area contributed by atoms with Gasteiger partial charge in [0.1, 0.15) is 12.1 Å². The second-order valence-corrected chi connectivity index (χ2v) is 12.1. The summed E-state index contributed by atoms with van der Waals surface area (Å²) >= 11 is 1.24. The molecule has 242 valence electrons. The predicted octanol–water partition coefficient (Wildman–Crippen LogP) is 7.24. The van der Waals surface area contributed by atoms with Crippen molar-refractivity contribution in [2.24, 2.45) is 4.99 Å². The van der Waals surface area contributed by atoms with E-state index in [-0.39, 0.29) is 29.4 Å². The van der Waals surface area contributed by atoms with Crippen LogP contribution in [0.15, 0.2) is 78.0 Å². The first-order valence-electron chi connectivity index (χ1n) is 14.7. The molecule has 1 aliphatic heterocycles. The van der Waals surface area contributed by atoms with E-state index in [4.69, 9.17) is 0 Å². The first-order chi connectivity index (χ1) is 22.4. The van der Waals surface area contributed by atoms with E-state index in [1.54, 1.807) is 0 Å². The van der Waals surface area contributed by atoms with Crippen LogP contribution in [-0.2, 0) is 4.79 Å². The van der Waals surface area contributed by atoms with Crippen molar-refractivity contribution < 1.29 is 27.5 Å². The smallest absolute Gasteiger partial charge is 0.406 e. The van der Waals surface area contributed by atoms with Gasteiger partial charge in [-0.05, 0) is 73.4 Å². The molecule has 47 heavy (non-hydrogen) atoms. The summed E-state index contributed by atoms with van der Waals surface area (Å²) in [6.07, 6.45) is -2.95. The lowest BCUT2D eigenvalue weighted by Gasteiger charge is -2.22. The summed E-state index contributed by atoms with van der Waals surface area (Å²) in [5.74, 6) is 6.52. The van der Waals surface area contributed by atoms with Crippen molar-refractivity contribution in [2.45, 2.75) is 52.4 Å². The third kappa shape index (κ3) is 8.59. The number of hydrogen-bond acceptors (Lipinski definition) is 6. The molecule has 3 aromatic carbocycles. The average molecular weight is 661 g/mol. The van der Waals surface area contributed by atoms with Gasteiger partial charge in [0.15, 0.2) is 11.0 Å². The third-order valence-electron chi connectivity index (χ3n) is 6.97. The van der Waals surface area contributed by atoms with E-state index in [0.717, 1.165) is 16.8 Å². The number of anilines is 1. The fourth-order valence-corrected chi connectivity index (χ4v) is 5.62. The second-order valence-electron chi connectivity index (χ2n) is 11.1. The normalized spacial score (nSPS) is 14.7. The topological polar surface area (TPSA) is 102 Å². The van der Waals surface area contributed by atoms with Gasteiger partial charge >= 0.3 is 12.4 Å². The van der Waals surface area contributed by atoms with Crippen molar-refractivity contribution in [1.29, 1.82) is 0 Å². The summed E-state index contributed by atoms with van der Waals surface area (Å²) in [6.45, 7) is 7.89. The van der Waals surface area contributed by atoms with E-state index in [1.165, 1.54) is 51.9 Å². The van der Waals surface area contributed by atoms with Crippen LogP contribution in [0.3, 0.4) is 0 Å². The number of halogens is 3. The van der Waals surface area contributed by atoms with Crippen LogP contribution in [0.25, 0.3) is 17.1 Å². The molecule has 1 unspecified atom stereocenters. The molecule has 1 N–H and O–H groups in total. The monoisotopic (exact) mass is 660 g/mol. The Morgan fingerprint density at radius 3 is 2.60 bits per heavy atom. The summed E-state index contributed by atoms with van der Waals surface area (Å²) in [5.41, 5.74) is 4.68. The molecule has 1 saturated heterocycles. The Balaban J connectivity index is 1.21. The quantitative estimate of drug-likeness (QED) is 0.210. The number of thioether (sulfide) groups is 1. The molecule has 1 fully saturated rings. The van der Waals surface area contributed by atoms with Crippen molar-refractivity contribution in [3.63, 3.8) is 0 Å². The number of aryl methyl sites for hydroxylation is 1. The maximum absolute atomic E-state index is 12.8. The molecule has 9 nitrogen and oxygen atoms in total. The van der Waals surface area contributed by atoms with Crippen LogP contribution in [0.5, 0.6) is 5.75 Å². The number of nitrogens with zero attached hydrogens (tertiary/aromatic N) is 5. The van der Waals surface area contributed by atoms with Gasteiger partial charge in [0.25, 0.3) is 0 Å². The van der Waals surface area contributed by atoms with Gasteiger partial charge in [0.05, 0.1) is 17.1 Å². The van der Waals surface area contributed by atoms with Crippen molar-refractivity contribution in [2.75, 3.05) is 10.7 Å². The number of urea groups is 1. The van der Waals surface area contributed by atoms with Gasteiger partial charge < -0.3 is 10.1 Å². The van der Waals surface area contributed by atoms with E-state index in [0.29, 0.717) is 34.2 Å². The van der Waals surface area contributed by atoms with Crippen LogP contribution in [0, 0.1) is 18.8 Å². The van der Waals surface area contributed by atoms with Crippen molar-refractivity contribution >= 4 is 34.6 Å². The molecule has 13 heteroatoms. The zero-order valence-corrected chi connectivity index (χ0v) is 26.8. The number of alkyl halides is 3. The highest BCUT2D eigenvalue weighted by atomic mass is 32.2. The number of aromatic nitrogens is 3.